The zero-order chi connectivity index (χ0) is 6.91. The van der Waals surface area contributed by atoms with E-state index in [1.807, 2.05) is 0 Å². The van der Waals surface area contributed by atoms with Crippen molar-refractivity contribution in [1.29, 1.82) is 0 Å². The van der Waals surface area contributed by atoms with E-state index in [4.69, 9.17) is 0 Å². The summed E-state index contributed by atoms with van der Waals surface area (Å²) in [6.07, 6.45) is 3.51. The van der Waals surface area contributed by atoms with Crippen LogP contribution in [0.5, 0.6) is 0 Å². The summed E-state index contributed by atoms with van der Waals surface area (Å²) in [7, 11) is -2.79. The van der Waals surface area contributed by atoms with Gasteiger partial charge in [-0.3, -0.25) is 0 Å². The highest BCUT2D eigenvalue weighted by atomic mass is 32.2. The molecule has 0 heterocycles. The van der Waals surface area contributed by atoms with Gasteiger partial charge in [0, 0.05) is 12.3 Å². The molecule has 1 aliphatic rings. The molecule has 0 aromatic carbocycles. The zero-order valence-electron chi connectivity index (χ0n) is 5.42. The van der Waals surface area contributed by atoms with Crippen molar-refractivity contribution in [2.75, 3.05) is 12.1 Å². The van der Waals surface area contributed by atoms with Crippen molar-refractivity contribution in [2.45, 2.75) is 18.9 Å². The molecule has 9 heavy (non-hydrogen) atoms. The Bertz CT molecular complexity index is 181. The fourth-order valence-electron chi connectivity index (χ4n) is 0.557. The molecular formula is C5H11NO2S. The first kappa shape index (κ1) is 7.02. The van der Waals surface area contributed by atoms with Crippen molar-refractivity contribution in [2.24, 2.45) is 0 Å². The van der Waals surface area contributed by atoms with Gasteiger partial charge in [0.15, 0.2) is 9.84 Å². The molecule has 0 radical (unpaired) electrons. The Balaban J connectivity index is 2.18. The topological polar surface area (TPSA) is 46.2 Å². The van der Waals surface area contributed by atoms with Crippen LogP contribution in [0.3, 0.4) is 0 Å². The Morgan fingerprint density at radius 3 is 2.44 bits per heavy atom. The molecule has 0 aromatic rings. The van der Waals surface area contributed by atoms with E-state index < -0.39 is 9.84 Å². The van der Waals surface area contributed by atoms with E-state index in [1.54, 1.807) is 0 Å². The molecule has 0 aromatic heterocycles. The van der Waals surface area contributed by atoms with Gasteiger partial charge in [0.2, 0.25) is 0 Å². The van der Waals surface area contributed by atoms with E-state index in [0.717, 1.165) is 12.8 Å². The van der Waals surface area contributed by atoms with Gasteiger partial charge < -0.3 is 5.32 Å². The predicted octanol–water partition coefficient (Wildman–Crippen LogP) is -0.260. The molecule has 0 amide bonds. The average molecular weight is 149 g/mol. The normalized spacial score (nSPS) is 20.1. The third kappa shape index (κ3) is 3.48. The second-order valence-electron chi connectivity index (χ2n) is 2.55. The molecule has 0 aliphatic heterocycles. The zero-order valence-corrected chi connectivity index (χ0v) is 6.24. The van der Waals surface area contributed by atoms with Gasteiger partial charge in [-0.05, 0) is 12.8 Å². The third-order valence-corrected chi connectivity index (χ3v) is 1.90. The lowest BCUT2D eigenvalue weighted by Gasteiger charge is -1.97. The number of rotatable bonds is 3. The Hall–Kier alpha value is -0.0900. The average Bonchev–Trinajstić information content (AvgIpc) is 2.38. The highest BCUT2D eigenvalue weighted by Gasteiger charge is 2.21. The van der Waals surface area contributed by atoms with Gasteiger partial charge in [-0.15, -0.1) is 0 Å². The number of sulfone groups is 1. The monoisotopic (exact) mass is 149 g/mol. The van der Waals surface area contributed by atoms with Gasteiger partial charge in [0.1, 0.15) is 0 Å². The van der Waals surface area contributed by atoms with Crippen molar-refractivity contribution in [1.82, 2.24) is 5.32 Å². The summed E-state index contributed by atoms with van der Waals surface area (Å²) < 4.78 is 21.0. The highest BCUT2D eigenvalue weighted by molar-refractivity contribution is 7.90. The number of hydrogen-bond donors (Lipinski definition) is 1. The van der Waals surface area contributed by atoms with Gasteiger partial charge in [-0.25, -0.2) is 8.42 Å². The van der Waals surface area contributed by atoms with Crippen LogP contribution in [-0.4, -0.2) is 26.6 Å². The molecule has 0 bridgehead atoms. The number of nitrogens with one attached hydrogen (secondary N) is 1. The fourth-order valence-corrected chi connectivity index (χ4v) is 1.10. The van der Waals surface area contributed by atoms with Crippen LogP contribution in [0.25, 0.3) is 0 Å². The lowest BCUT2D eigenvalue weighted by atomic mass is 10.7. The van der Waals surface area contributed by atoms with Crippen molar-refractivity contribution in [3.63, 3.8) is 0 Å². The fraction of sp³-hybridized carbons (Fsp3) is 1.00. The lowest BCUT2D eigenvalue weighted by molar-refractivity contribution is 0.592. The molecule has 0 spiro atoms. The van der Waals surface area contributed by atoms with Crippen LogP contribution < -0.4 is 5.32 Å². The maximum Gasteiger partial charge on any atom is 0.160 e. The smallest absolute Gasteiger partial charge is 0.160 e. The van der Waals surface area contributed by atoms with E-state index >= 15 is 0 Å². The Labute approximate surface area is 55.4 Å². The minimum atomic E-state index is -2.79. The molecule has 4 heteroatoms. The van der Waals surface area contributed by atoms with E-state index in [9.17, 15) is 8.42 Å². The quantitative estimate of drug-likeness (QED) is 0.601. The van der Waals surface area contributed by atoms with Crippen LogP contribution in [0, 0.1) is 0 Å². The van der Waals surface area contributed by atoms with Gasteiger partial charge in [0.05, 0.1) is 5.88 Å². The maximum atomic E-state index is 10.5. The summed E-state index contributed by atoms with van der Waals surface area (Å²) in [4.78, 5) is 0. The van der Waals surface area contributed by atoms with E-state index in [1.165, 1.54) is 6.26 Å². The summed E-state index contributed by atoms with van der Waals surface area (Å²) in [5.74, 6) is 0.137. The molecule has 1 N–H and O–H groups in total. The summed E-state index contributed by atoms with van der Waals surface area (Å²) in [5.41, 5.74) is 0. The van der Waals surface area contributed by atoms with Gasteiger partial charge >= 0.3 is 0 Å². The molecular weight excluding hydrogens is 138 g/mol. The minimum absolute atomic E-state index is 0.137. The Morgan fingerprint density at radius 1 is 1.56 bits per heavy atom. The molecule has 1 fully saturated rings. The highest BCUT2D eigenvalue weighted by Crippen LogP contribution is 2.18. The second-order valence-corrected chi connectivity index (χ2v) is 4.69. The molecule has 0 unspecified atom stereocenters. The van der Waals surface area contributed by atoms with Gasteiger partial charge in [0.25, 0.3) is 0 Å². The SMILES string of the molecule is CS(=O)(=O)CNC1CC1. The van der Waals surface area contributed by atoms with Crippen LogP contribution >= 0.6 is 0 Å². The largest absolute Gasteiger partial charge is 0.301 e. The van der Waals surface area contributed by atoms with Gasteiger partial charge in [-0.2, -0.15) is 0 Å². The molecule has 1 saturated carbocycles. The molecule has 0 atom stereocenters. The lowest BCUT2D eigenvalue weighted by Crippen LogP contribution is -2.23. The molecule has 3 nitrogen and oxygen atoms in total. The van der Waals surface area contributed by atoms with Crippen molar-refractivity contribution in [3.8, 4) is 0 Å². The first-order chi connectivity index (χ1) is 4.08. The molecule has 1 aliphatic carbocycles. The van der Waals surface area contributed by atoms with Crippen LogP contribution in [0.4, 0.5) is 0 Å². The van der Waals surface area contributed by atoms with Crippen LogP contribution in [-0.2, 0) is 9.84 Å². The predicted molar refractivity (Wildman–Crippen MR) is 35.9 cm³/mol. The first-order valence-electron chi connectivity index (χ1n) is 2.99. The standard InChI is InChI=1S/C5H11NO2S/c1-9(7,8)4-6-5-2-3-5/h5-6H,2-4H2,1H3. The first-order valence-corrected chi connectivity index (χ1v) is 5.05. The van der Waals surface area contributed by atoms with Crippen molar-refractivity contribution < 1.29 is 8.42 Å². The summed E-state index contributed by atoms with van der Waals surface area (Å²) in [6, 6.07) is 0.486. The Kier molecular flexibility index (Phi) is 1.77. The van der Waals surface area contributed by atoms with Crippen LogP contribution in [0.15, 0.2) is 0 Å². The van der Waals surface area contributed by atoms with E-state index in [0.29, 0.717) is 6.04 Å². The molecule has 54 valence electrons. The third-order valence-electron chi connectivity index (χ3n) is 1.21. The van der Waals surface area contributed by atoms with Crippen molar-refractivity contribution in [3.05, 3.63) is 0 Å². The summed E-state index contributed by atoms with van der Waals surface area (Å²) in [6.45, 7) is 0. The minimum Gasteiger partial charge on any atom is -0.301 e. The van der Waals surface area contributed by atoms with Crippen LogP contribution in [0.2, 0.25) is 0 Å². The molecule has 0 saturated heterocycles. The molecule has 1 rings (SSSR count). The summed E-state index contributed by atoms with van der Waals surface area (Å²) in [5, 5.41) is 2.91. The summed E-state index contributed by atoms with van der Waals surface area (Å²) >= 11 is 0. The number of hydrogen-bond acceptors (Lipinski definition) is 3. The second kappa shape index (κ2) is 2.27. The maximum absolute atomic E-state index is 10.5. The van der Waals surface area contributed by atoms with Crippen molar-refractivity contribution >= 4 is 9.84 Å². The van der Waals surface area contributed by atoms with Crippen LogP contribution in [0.1, 0.15) is 12.8 Å². The van der Waals surface area contributed by atoms with Gasteiger partial charge in [-0.1, -0.05) is 0 Å². The van der Waals surface area contributed by atoms with E-state index in [-0.39, 0.29) is 5.88 Å². The Morgan fingerprint density at radius 2 is 2.11 bits per heavy atom. The van der Waals surface area contributed by atoms with E-state index in [2.05, 4.69) is 5.32 Å².